The Hall–Kier alpha value is -1.56. The molecular weight excluding hydrogens is 397 g/mol. The highest BCUT2D eigenvalue weighted by atomic mass is 127. The summed E-state index contributed by atoms with van der Waals surface area (Å²) in [6.07, 6.45) is 0.944. The third-order valence-electron chi connectivity index (χ3n) is 3.76. The van der Waals surface area contributed by atoms with E-state index < -0.39 is 0 Å². The maximum absolute atomic E-state index is 5.96. The molecule has 0 saturated heterocycles. The lowest BCUT2D eigenvalue weighted by Crippen LogP contribution is -2.35. The molecule has 0 saturated carbocycles. The van der Waals surface area contributed by atoms with Crippen LogP contribution in [-0.2, 0) is 11.8 Å². The van der Waals surface area contributed by atoms with Crippen LogP contribution in [-0.4, -0.2) is 19.0 Å². The van der Waals surface area contributed by atoms with Gasteiger partial charge in [-0.25, -0.2) is 0 Å². The van der Waals surface area contributed by atoms with E-state index in [0.29, 0.717) is 12.5 Å². The molecule has 0 radical (unpaired) electrons. The molecule has 3 nitrogen and oxygen atoms in total. The van der Waals surface area contributed by atoms with Crippen molar-refractivity contribution in [3.63, 3.8) is 0 Å². The SMILES string of the molecule is CC(C)(CN=C(N)NCCc1ccccc1)c1ccccc1.I. The van der Waals surface area contributed by atoms with E-state index in [4.69, 9.17) is 5.73 Å². The van der Waals surface area contributed by atoms with E-state index in [1.54, 1.807) is 0 Å². The molecule has 0 aromatic heterocycles. The molecular formula is C19H26IN3. The van der Waals surface area contributed by atoms with Gasteiger partial charge in [0, 0.05) is 12.0 Å². The topological polar surface area (TPSA) is 50.4 Å². The zero-order valence-electron chi connectivity index (χ0n) is 13.8. The van der Waals surface area contributed by atoms with Crippen LogP contribution in [0.3, 0.4) is 0 Å². The van der Waals surface area contributed by atoms with Crippen molar-refractivity contribution in [1.82, 2.24) is 5.32 Å². The number of guanidine groups is 1. The fourth-order valence-corrected chi connectivity index (χ4v) is 2.30. The number of halogens is 1. The maximum Gasteiger partial charge on any atom is 0.188 e. The van der Waals surface area contributed by atoms with Crippen LogP contribution in [0.25, 0.3) is 0 Å². The first-order valence-corrected chi connectivity index (χ1v) is 7.71. The maximum atomic E-state index is 5.96. The van der Waals surface area contributed by atoms with Crippen molar-refractivity contribution < 1.29 is 0 Å². The summed E-state index contributed by atoms with van der Waals surface area (Å²) in [6.45, 7) is 5.83. The van der Waals surface area contributed by atoms with Gasteiger partial charge in [-0.1, -0.05) is 74.5 Å². The van der Waals surface area contributed by atoms with E-state index >= 15 is 0 Å². The van der Waals surface area contributed by atoms with Crippen molar-refractivity contribution in [2.24, 2.45) is 10.7 Å². The summed E-state index contributed by atoms with van der Waals surface area (Å²) in [6, 6.07) is 20.8. The standard InChI is InChI=1S/C19H25N3.HI/c1-19(2,17-11-7-4-8-12-17)15-22-18(20)21-14-13-16-9-5-3-6-10-16;/h3-12H,13-15H2,1-2H3,(H3,20,21,22);1H. The van der Waals surface area contributed by atoms with Gasteiger partial charge in [-0.05, 0) is 17.5 Å². The first kappa shape index (κ1) is 19.5. The Morgan fingerprint density at radius 1 is 1.00 bits per heavy atom. The monoisotopic (exact) mass is 423 g/mol. The van der Waals surface area contributed by atoms with Gasteiger partial charge in [-0.15, -0.1) is 24.0 Å². The average Bonchev–Trinajstić information content (AvgIpc) is 2.55. The molecule has 0 bridgehead atoms. The van der Waals surface area contributed by atoms with E-state index in [-0.39, 0.29) is 29.4 Å². The van der Waals surface area contributed by atoms with Crippen molar-refractivity contribution in [2.75, 3.05) is 13.1 Å². The van der Waals surface area contributed by atoms with Crippen LogP contribution >= 0.6 is 24.0 Å². The summed E-state index contributed by atoms with van der Waals surface area (Å²) < 4.78 is 0. The Balaban J connectivity index is 0.00000264. The van der Waals surface area contributed by atoms with Crippen molar-refractivity contribution >= 4 is 29.9 Å². The van der Waals surface area contributed by atoms with Gasteiger partial charge < -0.3 is 11.1 Å². The highest BCUT2D eigenvalue weighted by molar-refractivity contribution is 14.0. The molecule has 0 unspecified atom stereocenters. The van der Waals surface area contributed by atoms with Gasteiger partial charge >= 0.3 is 0 Å². The van der Waals surface area contributed by atoms with Gasteiger partial charge in [0.25, 0.3) is 0 Å². The van der Waals surface area contributed by atoms with Gasteiger partial charge in [0.15, 0.2) is 5.96 Å². The number of benzene rings is 2. The van der Waals surface area contributed by atoms with Crippen molar-refractivity contribution in [3.05, 3.63) is 71.8 Å². The molecule has 0 atom stereocenters. The van der Waals surface area contributed by atoms with Crippen LogP contribution < -0.4 is 11.1 Å². The highest BCUT2D eigenvalue weighted by Crippen LogP contribution is 2.22. The third-order valence-corrected chi connectivity index (χ3v) is 3.76. The van der Waals surface area contributed by atoms with E-state index in [1.165, 1.54) is 11.1 Å². The average molecular weight is 423 g/mol. The van der Waals surface area contributed by atoms with Crippen molar-refractivity contribution in [2.45, 2.75) is 25.7 Å². The molecule has 0 aliphatic carbocycles. The summed E-state index contributed by atoms with van der Waals surface area (Å²) in [7, 11) is 0. The highest BCUT2D eigenvalue weighted by Gasteiger charge is 2.19. The minimum absolute atomic E-state index is 0. The van der Waals surface area contributed by atoms with Crippen LogP contribution in [0.5, 0.6) is 0 Å². The Morgan fingerprint density at radius 2 is 1.57 bits per heavy atom. The second-order valence-corrected chi connectivity index (χ2v) is 6.11. The molecule has 0 fully saturated rings. The van der Waals surface area contributed by atoms with Gasteiger partial charge in [-0.3, -0.25) is 4.99 Å². The molecule has 2 aromatic rings. The smallest absolute Gasteiger partial charge is 0.188 e. The largest absolute Gasteiger partial charge is 0.370 e. The van der Waals surface area contributed by atoms with E-state index in [0.717, 1.165) is 13.0 Å². The van der Waals surface area contributed by atoms with Crippen LogP contribution in [0.15, 0.2) is 65.7 Å². The third kappa shape index (κ3) is 6.60. The fourth-order valence-electron chi connectivity index (χ4n) is 2.30. The molecule has 0 aliphatic rings. The number of hydrogen-bond donors (Lipinski definition) is 2. The number of nitrogens with two attached hydrogens (primary N) is 1. The molecule has 0 aliphatic heterocycles. The minimum Gasteiger partial charge on any atom is -0.370 e. The summed E-state index contributed by atoms with van der Waals surface area (Å²) >= 11 is 0. The van der Waals surface area contributed by atoms with E-state index in [9.17, 15) is 0 Å². The Labute approximate surface area is 156 Å². The molecule has 4 heteroatoms. The minimum atomic E-state index is -0.0208. The van der Waals surface area contributed by atoms with Crippen molar-refractivity contribution in [1.29, 1.82) is 0 Å². The predicted octanol–water partition coefficient (Wildman–Crippen LogP) is 3.73. The Kier molecular flexibility index (Phi) is 8.09. The molecule has 0 spiro atoms. The number of hydrogen-bond acceptors (Lipinski definition) is 1. The van der Waals surface area contributed by atoms with E-state index in [2.05, 4.69) is 72.7 Å². The zero-order chi connectivity index (χ0) is 15.8. The molecule has 3 N–H and O–H groups in total. The molecule has 124 valence electrons. The summed E-state index contributed by atoms with van der Waals surface area (Å²) in [4.78, 5) is 4.49. The quantitative estimate of drug-likeness (QED) is 0.423. The summed E-state index contributed by atoms with van der Waals surface area (Å²) in [5, 5.41) is 3.18. The number of nitrogens with zero attached hydrogens (tertiary/aromatic N) is 1. The Bertz CT molecular complexity index is 595. The van der Waals surface area contributed by atoms with Crippen LogP contribution in [0.1, 0.15) is 25.0 Å². The van der Waals surface area contributed by atoms with Gasteiger partial charge in [0.1, 0.15) is 0 Å². The van der Waals surface area contributed by atoms with E-state index in [1.807, 2.05) is 12.1 Å². The predicted molar refractivity (Wildman–Crippen MR) is 110 cm³/mol. The summed E-state index contributed by atoms with van der Waals surface area (Å²) in [5.41, 5.74) is 8.51. The van der Waals surface area contributed by atoms with Crippen molar-refractivity contribution in [3.8, 4) is 0 Å². The first-order valence-electron chi connectivity index (χ1n) is 7.71. The fraction of sp³-hybridized carbons (Fsp3) is 0.316. The first-order chi connectivity index (χ1) is 10.6. The lowest BCUT2D eigenvalue weighted by atomic mass is 9.85. The lowest BCUT2D eigenvalue weighted by molar-refractivity contribution is 0.539. The molecule has 0 heterocycles. The lowest BCUT2D eigenvalue weighted by Gasteiger charge is -2.23. The zero-order valence-corrected chi connectivity index (χ0v) is 16.2. The van der Waals surface area contributed by atoms with Gasteiger partial charge in [0.2, 0.25) is 0 Å². The Morgan fingerprint density at radius 3 is 2.17 bits per heavy atom. The van der Waals surface area contributed by atoms with Crippen LogP contribution in [0, 0.1) is 0 Å². The van der Waals surface area contributed by atoms with Crippen LogP contribution in [0.4, 0.5) is 0 Å². The number of rotatable bonds is 6. The number of nitrogens with one attached hydrogen (secondary N) is 1. The molecule has 0 amide bonds. The summed E-state index contributed by atoms with van der Waals surface area (Å²) in [5.74, 6) is 0.514. The number of aliphatic imine (C=N–C) groups is 1. The van der Waals surface area contributed by atoms with Gasteiger partial charge in [-0.2, -0.15) is 0 Å². The molecule has 2 aromatic carbocycles. The van der Waals surface area contributed by atoms with Gasteiger partial charge in [0.05, 0.1) is 6.54 Å². The second-order valence-electron chi connectivity index (χ2n) is 6.11. The molecule has 2 rings (SSSR count). The normalized spacial score (nSPS) is 11.7. The second kappa shape index (κ2) is 9.55. The molecule has 23 heavy (non-hydrogen) atoms. The van der Waals surface area contributed by atoms with Crippen LogP contribution in [0.2, 0.25) is 0 Å².